The van der Waals surface area contributed by atoms with Gasteiger partial charge in [-0.05, 0) is 25.2 Å². The zero-order valence-electron chi connectivity index (χ0n) is 7.26. The van der Waals surface area contributed by atoms with Gasteiger partial charge in [0.1, 0.15) is 0 Å². The van der Waals surface area contributed by atoms with Crippen LogP contribution < -0.4 is 0 Å². The lowest BCUT2D eigenvalue weighted by atomic mass is 9.99. The maximum atomic E-state index is 7.52. The molecule has 0 spiro atoms. The molecule has 1 rings (SSSR count). The van der Waals surface area contributed by atoms with E-state index in [4.69, 9.17) is 6.11 Å². The van der Waals surface area contributed by atoms with E-state index >= 15 is 0 Å². The molecule has 0 aliphatic carbocycles. The third-order valence-electron chi connectivity index (χ3n) is 1.80. The number of ether oxygens (including phenoxy) is 1. The molecule has 9 heavy (non-hydrogen) atoms. The molecule has 1 aliphatic heterocycles. The predicted molar refractivity (Wildman–Crippen MR) is 38.4 cm³/mol. The first-order valence-corrected chi connectivity index (χ1v) is 3.74. The first-order chi connectivity index (χ1) is 4.70. The van der Waals surface area contributed by atoms with Gasteiger partial charge in [0, 0.05) is 7.98 Å². The van der Waals surface area contributed by atoms with Crippen LogP contribution in [0, 0.1) is 5.92 Å². The molecular weight excluding hydrogens is 112 g/mol. The van der Waals surface area contributed by atoms with Gasteiger partial charge in [0.25, 0.3) is 0 Å². The Hall–Kier alpha value is -0.0400. The van der Waals surface area contributed by atoms with E-state index in [0.717, 1.165) is 19.4 Å². The van der Waals surface area contributed by atoms with E-state index < -0.39 is 0 Å². The van der Waals surface area contributed by atoms with Crippen LogP contribution in [-0.4, -0.2) is 12.7 Å². The minimum atomic E-state index is 0.126. The molecule has 0 N–H and O–H groups in total. The van der Waals surface area contributed by atoms with Gasteiger partial charge in [0.15, 0.2) is 0 Å². The maximum Gasteiger partial charge on any atom is 0.0598 e. The normalized spacial score (nSPS) is 38.8. The van der Waals surface area contributed by atoms with Crippen LogP contribution in [0.2, 0.25) is 0 Å². The van der Waals surface area contributed by atoms with Gasteiger partial charge in [-0.3, -0.25) is 0 Å². The van der Waals surface area contributed by atoms with E-state index in [1.54, 1.807) is 0 Å². The van der Waals surface area contributed by atoms with Crippen molar-refractivity contribution in [1.82, 2.24) is 0 Å². The van der Waals surface area contributed by atoms with Crippen molar-refractivity contribution in [2.24, 2.45) is 5.92 Å². The molecule has 0 unspecified atom stereocenters. The van der Waals surface area contributed by atoms with Gasteiger partial charge in [-0.25, -0.2) is 0 Å². The summed E-state index contributed by atoms with van der Waals surface area (Å²) in [5, 5.41) is 0. The molecule has 1 nitrogen and oxygen atoms in total. The molecule has 1 aliphatic rings. The second kappa shape index (κ2) is 3.21. The fourth-order valence-electron chi connectivity index (χ4n) is 1.12. The standard InChI is InChI=1S/C8H16O/c1-7(2)8-5-3-4-6-9-8/h7-8H,3-6H2,1-2H3/t8-/m0/s1/i3D/t3-,8-. The van der Waals surface area contributed by atoms with Crippen molar-refractivity contribution in [1.29, 1.82) is 0 Å². The van der Waals surface area contributed by atoms with E-state index in [0.29, 0.717) is 12.0 Å². The first kappa shape index (κ1) is 5.72. The SMILES string of the molecule is [2H][C@H]1CCO[C@H](C(C)C)C1. The summed E-state index contributed by atoms with van der Waals surface area (Å²) in [5.74, 6) is 0.577. The van der Waals surface area contributed by atoms with Gasteiger partial charge >= 0.3 is 0 Å². The summed E-state index contributed by atoms with van der Waals surface area (Å²) in [4.78, 5) is 0. The maximum absolute atomic E-state index is 7.52. The molecule has 0 radical (unpaired) electrons. The smallest absolute Gasteiger partial charge is 0.0598 e. The summed E-state index contributed by atoms with van der Waals surface area (Å²) in [6.45, 7) is 5.10. The molecule has 1 saturated heterocycles. The monoisotopic (exact) mass is 129 g/mol. The Bertz CT molecular complexity index is 103. The molecule has 1 fully saturated rings. The molecule has 1 heterocycles. The van der Waals surface area contributed by atoms with Gasteiger partial charge in [0.2, 0.25) is 0 Å². The second-order valence-electron chi connectivity index (χ2n) is 2.97. The zero-order valence-corrected chi connectivity index (χ0v) is 6.26. The Balaban J connectivity index is 2.32. The third-order valence-corrected chi connectivity index (χ3v) is 1.80. The Morgan fingerprint density at radius 1 is 1.67 bits per heavy atom. The summed E-state index contributed by atoms with van der Waals surface area (Å²) in [6, 6.07) is 0. The van der Waals surface area contributed by atoms with Crippen molar-refractivity contribution in [3.8, 4) is 0 Å². The molecule has 0 aromatic heterocycles. The van der Waals surface area contributed by atoms with Crippen molar-refractivity contribution in [3.05, 3.63) is 0 Å². The average Bonchev–Trinajstić information content (AvgIpc) is 1.88. The lowest BCUT2D eigenvalue weighted by Crippen LogP contribution is -2.24. The van der Waals surface area contributed by atoms with Crippen molar-refractivity contribution >= 4 is 0 Å². The zero-order chi connectivity index (χ0) is 7.56. The fourth-order valence-corrected chi connectivity index (χ4v) is 1.12. The Morgan fingerprint density at radius 3 is 2.89 bits per heavy atom. The predicted octanol–water partition coefficient (Wildman–Crippen LogP) is 2.21. The Morgan fingerprint density at radius 2 is 2.44 bits per heavy atom. The van der Waals surface area contributed by atoms with Crippen LogP contribution in [0.25, 0.3) is 0 Å². The van der Waals surface area contributed by atoms with Crippen LogP contribution in [-0.2, 0) is 4.74 Å². The van der Waals surface area contributed by atoms with Gasteiger partial charge in [-0.2, -0.15) is 0 Å². The summed E-state index contributed by atoms with van der Waals surface area (Å²) in [7, 11) is 0. The summed E-state index contributed by atoms with van der Waals surface area (Å²) < 4.78 is 13.0. The summed E-state index contributed by atoms with van der Waals surface area (Å²) in [5.41, 5.74) is 0. The van der Waals surface area contributed by atoms with Crippen LogP contribution in [0.3, 0.4) is 0 Å². The van der Waals surface area contributed by atoms with Gasteiger partial charge < -0.3 is 4.74 Å². The minimum absolute atomic E-state index is 0.126. The van der Waals surface area contributed by atoms with Crippen molar-refractivity contribution < 1.29 is 6.11 Å². The highest BCUT2D eigenvalue weighted by Gasteiger charge is 2.16. The van der Waals surface area contributed by atoms with Crippen LogP contribution in [0.1, 0.15) is 34.5 Å². The van der Waals surface area contributed by atoms with Crippen LogP contribution >= 0.6 is 0 Å². The van der Waals surface area contributed by atoms with Crippen molar-refractivity contribution in [2.75, 3.05) is 6.61 Å². The van der Waals surface area contributed by atoms with Gasteiger partial charge in [0.05, 0.1) is 6.10 Å². The van der Waals surface area contributed by atoms with Crippen LogP contribution in [0.15, 0.2) is 0 Å². The quantitative estimate of drug-likeness (QED) is 0.527. The first-order valence-electron chi connectivity index (χ1n) is 4.31. The van der Waals surface area contributed by atoms with Crippen LogP contribution in [0.5, 0.6) is 0 Å². The molecule has 54 valence electrons. The molecule has 0 saturated carbocycles. The summed E-state index contributed by atoms with van der Waals surface area (Å²) in [6.07, 6.45) is 2.32. The lowest BCUT2D eigenvalue weighted by Gasteiger charge is -2.25. The largest absolute Gasteiger partial charge is 0.378 e. The fraction of sp³-hybridized carbons (Fsp3) is 1.00. The minimum Gasteiger partial charge on any atom is -0.378 e. The highest BCUT2D eigenvalue weighted by molar-refractivity contribution is 4.65. The van der Waals surface area contributed by atoms with Crippen molar-refractivity contribution in [2.45, 2.75) is 39.2 Å². The third kappa shape index (κ3) is 1.98. The number of hydrogen-bond acceptors (Lipinski definition) is 1. The Kier molecular flexibility index (Phi) is 2.04. The van der Waals surface area contributed by atoms with E-state index in [9.17, 15) is 0 Å². The average molecular weight is 129 g/mol. The van der Waals surface area contributed by atoms with Gasteiger partial charge in [-0.1, -0.05) is 13.8 Å². The van der Waals surface area contributed by atoms with Crippen molar-refractivity contribution in [3.63, 3.8) is 0 Å². The van der Waals surface area contributed by atoms with E-state index in [1.807, 2.05) is 0 Å². The molecule has 0 aromatic carbocycles. The Labute approximate surface area is 58.8 Å². The molecule has 1 heteroatoms. The second-order valence-corrected chi connectivity index (χ2v) is 2.97. The number of rotatable bonds is 1. The number of hydrogen-bond donors (Lipinski definition) is 0. The molecule has 0 aromatic rings. The molecule has 2 atom stereocenters. The molecular formula is C8H16O. The topological polar surface area (TPSA) is 9.23 Å². The highest BCUT2D eigenvalue weighted by Crippen LogP contribution is 2.18. The molecule has 0 amide bonds. The van der Waals surface area contributed by atoms with Gasteiger partial charge in [-0.15, -0.1) is 0 Å². The highest BCUT2D eigenvalue weighted by atomic mass is 16.5. The van der Waals surface area contributed by atoms with E-state index in [1.165, 1.54) is 0 Å². The van der Waals surface area contributed by atoms with Crippen LogP contribution in [0.4, 0.5) is 0 Å². The van der Waals surface area contributed by atoms with E-state index in [2.05, 4.69) is 13.8 Å². The molecule has 0 bridgehead atoms. The van der Waals surface area contributed by atoms with E-state index in [-0.39, 0.29) is 6.40 Å². The lowest BCUT2D eigenvalue weighted by molar-refractivity contribution is -0.0115. The summed E-state index contributed by atoms with van der Waals surface area (Å²) >= 11 is 0.